The number of rotatable bonds is 4. The van der Waals surface area contributed by atoms with E-state index in [0.717, 1.165) is 31.5 Å². The van der Waals surface area contributed by atoms with Gasteiger partial charge in [0.15, 0.2) is 0 Å². The third-order valence-corrected chi connectivity index (χ3v) is 4.48. The van der Waals surface area contributed by atoms with Crippen LogP contribution >= 0.6 is 11.6 Å². The Hall–Kier alpha value is -1.06. The van der Waals surface area contributed by atoms with Gasteiger partial charge >= 0.3 is 0 Å². The van der Waals surface area contributed by atoms with Crippen molar-refractivity contribution in [2.45, 2.75) is 33.2 Å². The molecule has 2 N–H and O–H groups in total. The lowest BCUT2D eigenvalue weighted by Crippen LogP contribution is -2.47. The third-order valence-electron chi connectivity index (χ3n) is 4.24. The van der Waals surface area contributed by atoms with Gasteiger partial charge in [-0.1, -0.05) is 37.6 Å². The van der Waals surface area contributed by atoms with Gasteiger partial charge in [-0.3, -0.25) is 4.79 Å². The van der Waals surface area contributed by atoms with Crippen LogP contribution in [0.1, 0.15) is 32.3 Å². The molecule has 0 spiro atoms. The second kappa shape index (κ2) is 6.59. The predicted octanol–water partition coefficient (Wildman–Crippen LogP) is 2.98. The number of halogens is 1. The lowest BCUT2D eigenvalue weighted by molar-refractivity contribution is -0.132. The van der Waals surface area contributed by atoms with Crippen molar-refractivity contribution in [3.63, 3.8) is 0 Å². The van der Waals surface area contributed by atoms with Crippen LogP contribution in [0.25, 0.3) is 0 Å². The second-order valence-corrected chi connectivity index (χ2v) is 6.51. The number of carbonyl (C=O) groups is 1. The molecular formula is C16H23ClN2O. The van der Waals surface area contributed by atoms with Gasteiger partial charge in [0.25, 0.3) is 0 Å². The molecule has 2 rings (SSSR count). The number of benzene rings is 1. The Morgan fingerprint density at radius 3 is 2.95 bits per heavy atom. The number of amides is 1. The molecule has 0 aliphatic carbocycles. The van der Waals surface area contributed by atoms with E-state index in [2.05, 4.69) is 10.6 Å². The molecule has 20 heavy (non-hydrogen) atoms. The summed E-state index contributed by atoms with van der Waals surface area (Å²) in [6.45, 7) is 6.60. The zero-order valence-electron chi connectivity index (χ0n) is 12.2. The standard InChI is InChI=1S/C16H23ClN2O/c1-16(2,13-6-4-8-18-11-13)15(20)19-10-12-5-3-7-14(17)9-12/h3,5,7,9,13,18H,4,6,8,10-11H2,1-2H3,(H,19,20). The van der Waals surface area contributed by atoms with Crippen molar-refractivity contribution in [3.8, 4) is 0 Å². The first-order chi connectivity index (χ1) is 9.50. The molecule has 110 valence electrons. The molecule has 1 aliphatic rings. The topological polar surface area (TPSA) is 41.1 Å². The minimum atomic E-state index is -0.341. The van der Waals surface area contributed by atoms with Gasteiger partial charge in [-0.15, -0.1) is 0 Å². The molecule has 0 radical (unpaired) electrons. The quantitative estimate of drug-likeness (QED) is 0.896. The maximum Gasteiger partial charge on any atom is 0.226 e. The SMILES string of the molecule is CC(C)(C(=O)NCc1cccc(Cl)c1)C1CCCNC1. The van der Waals surface area contributed by atoms with Crippen molar-refractivity contribution in [2.75, 3.05) is 13.1 Å². The van der Waals surface area contributed by atoms with E-state index < -0.39 is 0 Å². The molecule has 1 aliphatic heterocycles. The van der Waals surface area contributed by atoms with Gasteiger partial charge in [0.1, 0.15) is 0 Å². The fourth-order valence-electron chi connectivity index (χ4n) is 2.71. The molecule has 0 bridgehead atoms. The van der Waals surface area contributed by atoms with Crippen molar-refractivity contribution < 1.29 is 4.79 Å². The Labute approximate surface area is 126 Å². The normalized spacial score (nSPS) is 19.6. The summed E-state index contributed by atoms with van der Waals surface area (Å²) in [5.41, 5.74) is 0.690. The highest BCUT2D eigenvalue weighted by molar-refractivity contribution is 6.30. The molecule has 1 atom stereocenters. The van der Waals surface area contributed by atoms with Crippen LogP contribution in [-0.4, -0.2) is 19.0 Å². The van der Waals surface area contributed by atoms with E-state index in [1.165, 1.54) is 0 Å². The largest absolute Gasteiger partial charge is 0.352 e. The molecule has 3 nitrogen and oxygen atoms in total. The molecule has 4 heteroatoms. The van der Waals surface area contributed by atoms with Gasteiger partial charge in [0.2, 0.25) is 5.91 Å². The Morgan fingerprint density at radius 1 is 1.50 bits per heavy atom. The average molecular weight is 295 g/mol. The lowest BCUT2D eigenvalue weighted by atomic mass is 9.74. The van der Waals surface area contributed by atoms with Gasteiger partial charge in [-0.05, 0) is 49.5 Å². The summed E-state index contributed by atoms with van der Waals surface area (Å²) in [5, 5.41) is 7.12. The van der Waals surface area contributed by atoms with E-state index in [9.17, 15) is 4.79 Å². The number of hydrogen-bond acceptors (Lipinski definition) is 2. The van der Waals surface area contributed by atoms with Gasteiger partial charge < -0.3 is 10.6 Å². The number of hydrogen-bond donors (Lipinski definition) is 2. The van der Waals surface area contributed by atoms with Gasteiger partial charge in [0, 0.05) is 17.0 Å². The van der Waals surface area contributed by atoms with Crippen molar-refractivity contribution in [2.24, 2.45) is 11.3 Å². The Kier molecular flexibility index (Phi) is 5.06. The second-order valence-electron chi connectivity index (χ2n) is 6.08. The summed E-state index contributed by atoms with van der Waals surface area (Å²) >= 11 is 5.95. The molecule has 1 amide bonds. The maximum atomic E-state index is 12.5. The average Bonchev–Trinajstić information content (AvgIpc) is 2.45. The molecule has 1 heterocycles. The zero-order chi connectivity index (χ0) is 14.6. The van der Waals surface area contributed by atoms with Crippen LogP contribution in [-0.2, 0) is 11.3 Å². The minimum absolute atomic E-state index is 0.117. The Bertz CT molecular complexity index is 467. The van der Waals surface area contributed by atoms with Crippen LogP contribution in [0.15, 0.2) is 24.3 Å². The van der Waals surface area contributed by atoms with Crippen LogP contribution in [0.5, 0.6) is 0 Å². The lowest BCUT2D eigenvalue weighted by Gasteiger charge is -2.36. The molecular weight excluding hydrogens is 272 g/mol. The molecule has 1 aromatic rings. The molecule has 1 unspecified atom stereocenters. The van der Waals surface area contributed by atoms with Crippen molar-refractivity contribution in [1.82, 2.24) is 10.6 Å². The fraction of sp³-hybridized carbons (Fsp3) is 0.562. The van der Waals surface area contributed by atoms with Crippen molar-refractivity contribution >= 4 is 17.5 Å². The number of nitrogens with one attached hydrogen (secondary N) is 2. The zero-order valence-corrected chi connectivity index (χ0v) is 13.0. The highest BCUT2D eigenvalue weighted by Gasteiger charge is 2.36. The third kappa shape index (κ3) is 3.74. The van der Waals surface area contributed by atoms with Crippen LogP contribution < -0.4 is 10.6 Å². The van der Waals surface area contributed by atoms with E-state index in [0.29, 0.717) is 17.5 Å². The minimum Gasteiger partial charge on any atom is -0.352 e. The van der Waals surface area contributed by atoms with Crippen molar-refractivity contribution in [3.05, 3.63) is 34.9 Å². The summed E-state index contributed by atoms with van der Waals surface area (Å²) in [7, 11) is 0. The first kappa shape index (κ1) is 15.3. The van der Waals surface area contributed by atoms with E-state index in [1.807, 2.05) is 38.1 Å². The Morgan fingerprint density at radius 2 is 2.30 bits per heavy atom. The van der Waals surface area contributed by atoms with E-state index in [1.54, 1.807) is 0 Å². The number of carbonyl (C=O) groups excluding carboxylic acids is 1. The van der Waals surface area contributed by atoms with Gasteiger partial charge in [-0.2, -0.15) is 0 Å². The fourth-order valence-corrected chi connectivity index (χ4v) is 2.92. The van der Waals surface area contributed by atoms with Gasteiger partial charge in [-0.25, -0.2) is 0 Å². The first-order valence-electron chi connectivity index (χ1n) is 7.23. The van der Waals surface area contributed by atoms with E-state index in [4.69, 9.17) is 11.6 Å². The van der Waals surface area contributed by atoms with Crippen LogP contribution in [0.3, 0.4) is 0 Å². The van der Waals surface area contributed by atoms with Crippen molar-refractivity contribution in [1.29, 1.82) is 0 Å². The van der Waals surface area contributed by atoms with Crippen LogP contribution in [0.4, 0.5) is 0 Å². The van der Waals surface area contributed by atoms with Gasteiger partial charge in [0.05, 0.1) is 0 Å². The first-order valence-corrected chi connectivity index (χ1v) is 7.61. The van der Waals surface area contributed by atoms with E-state index >= 15 is 0 Å². The molecule has 1 saturated heterocycles. The highest BCUT2D eigenvalue weighted by atomic mass is 35.5. The predicted molar refractivity (Wildman–Crippen MR) is 82.7 cm³/mol. The van der Waals surface area contributed by atoms with Crippen LogP contribution in [0.2, 0.25) is 5.02 Å². The smallest absolute Gasteiger partial charge is 0.226 e. The summed E-state index contributed by atoms with van der Waals surface area (Å²) in [4.78, 5) is 12.5. The van der Waals surface area contributed by atoms with E-state index in [-0.39, 0.29) is 11.3 Å². The monoisotopic (exact) mass is 294 g/mol. The highest BCUT2D eigenvalue weighted by Crippen LogP contribution is 2.32. The van der Waals surface area contributed by atoms with Crippen LogP contribution in [0, 0.1) is 11.3 Å². The summed E-state index contributed by atoms with van der Waals surface area (Å²) < 4.78 is 0. The Balaban J connectivity index is 1.93. The molecule has 1 fully saturated rings. The number of piperidine rings is 1. The maximum absolute atomic E-state index is 12.5. The summed E-state index contributed by atoms with van der Waals surface area (Å²) in [6, 6.07) is 7.60. The molecule has 1 aromatic carbocycles. The summed E-state index contributed by atoms with van der Waals surface area (Å²) in [6.07, 6.45) is 2.26. The summed E-state index contributed by atoms with van der Waals surface area (Å²) in [5.74, 6) is 0.516. The molecule has 0 aromatic heterocycles. The molecule has 0 saturated carbocycles.